The molecule has 1 heterocycles. The molecule has 2 atom stereocenters. The summed E-state index contributed by atoms with van der Waals surface area (Å²) < 4.78 is 40.6. The maximum absolute atomic E-state index is 13.9. The van der Waals surface area contributed by atoms with E-state index in [1.54, 1.807) is 11.0 Å². The van der Waals surface area contributed by atoms with Gasteiger partial charge in [0.15, 0.2) is 0 Å². The lowest BCUT2D eigenvalue weighted by Crippen LogP contribution is -2.46. The zero-order valence-electron chi connectivity index (χ0n) is 23.4. The molecule has 1 saturated carbocycles. The van der Waals surface area contributed by atoms with Gasteiger partial charge in [0.2, 0.25) is 5.91 Å². The van der Waals surface area contributed by atoms with Crippen LogP contribution in [0.25, 0.3) is 0 Å². The molecule has 2 unspecified atom stereocenters. The summed E-state index contributed by atoms with van der Waals surface area (Å²) >= 11 is 0. The van der Waals surface area contributed by atoms with Crippen molar-refractivity contribution in [1.82, 2.24) is 4.90 Å². The lowest BCUT2D eigenvalue weighted by atomic mass is 9.83. The van der Waals surface area contributed by atoms with E-state index in [1.807, 2.05) is 49.4 Å². The number of benzene rings is 3. The first-order valence-electron chi connectivity index (χ1n) is 14.3. The number of hydrogen-bond donors (Lipinski definition) is 2. The van der Waals surface area contributed by atoms with Gasteiger partial charge in [-0.25, -0.2) is 0 Å². The number of nitrogens with zero attached hydrogens (tertiary/aromatic N) is 1. The van der Waals surface area contributed by atoms with Crippen molar-refractivity contribution < 1.29 is 22.8 Å². The average Bonchev–Trinajstić information content (AvgIpc) is 3.46. The summed E-state index contributed by atoms with van der Waals surface area (Å²) in [5.41, 5.74) is 2.64. The van der Waals surface area contributed by atoms with Crippen LogP contribution in [0.5, 0.6) is 0 Å². The smallest absolute Gasteiger partial charge is 0.382 e. The topological polar surface area (TPSA) is 61.4 Å². The standard InChI is InChI=1S/C33H36F3N3O2/c1-21-8-3-6-11-27(21)32(41)39-19-7-12-28(31(40)38-26-16-13-22(2)29(20-26)33(34,35)36)30(39)23-14-17-25(18-15-23)37-24-9-4-5-10-24/h3,6,8,11,13-18,20,24,28,30,37H,4-5,7,9-10,12,19H2,1-2H3,(H,38,40). The van der Waals surface area contributed by atoms with Gasteiger partial charge in [-0.3, -0.25) is 9.59 Å². The van der Waals surface area contributed by atoms with E-state index < -0.39 is 29.6 Å². The number of hydrogen-bond acceptors (Lipinski definition) is 3. The van der Waals surface area contributed by atoms with Crippen molar-refractivity contribution in [1.29, 1.82) is 0 Å². The molecule has 0 spiro atoms. The first kappa shape index (κ1) is 28.7. The van der Waals surface area contributed by atoms with Crippen LogP contribution in [0, 0.1) is 19.8 Å². The van der Waals surface area contributed by atoms with Crippen molar-refractivity contribution in [2.24, 2.45) is 5.92 Å². The molecule has 2 aliphatic rings. The van der Waals surface area contributed by atoms with E-state index >= 15 is 0 Å². The van der Waals surface area contributed by atoms with Crippen LogP contribution in [0.1, 0.15) is 77.2 Å². The molecule has 2 fully saturated rings. The quantitative estimate of drug-likeness (QED) is 0.320. The monoisotopic (exact) mass is 563 g/mol. The van der Waals surface area contributed by atoms with Crippen molar-refractivity contribution in [3.8, 4) is 0 Å². The van der Waals surface area contributed by atoms with Crippen LogP contribution in [0.2, 0.25) is 0 Å². The van der Waals surface area contributed by atoms with Gasteiger partial charge in [0, 0.05) is 29.5 Å². The Bertz CT molecular complexity index is 1400. The van der Waals surface area contributed by atoms with Crippen molar-refractivity contribution in [3.63, 3.8) is 0 Å². The highest BCUT2D eigenvalue weighted by molar-refractivity contribution is 5.98. The van der Waals surface area contributed by atoms with Crippen molar-refractivity contribution in [3.05, 3.63) is 94.5 Å². The lowest BCUT2D eigenvalue weighted by Gasteiger charge is -2.41. The second-order valence-electron chi connectivity index (χ2n) is 11.3. The highest BCUT2D eigenvalue weighted by atomic mass is 19.4. The van der Waals surface area contributed by atoms with E-state index in [9.17, 15) is 22.8 Å². The van der Waals surface area contributed by atoms with E-state index in [0.717, 1.165) is 35.7 Å². The van der Waals surface area contributed by atoms with E-state index in [2.05, 4.69) is 10.6 Å². The fourth-order valence-corrected chi connectivity index (χ4v) is 6.20. The van der Waals surface area contributed by atoms with Crippen molar-refractivity contribution >= 4 is 23.2 Å². The van der Waals surface area contributed by atoms with Crippen LogP contribution in [0.3, 0.4) is 0 Å². The van der Waals surface area contributed by atoms with Crippen LogP contribution in [0.4, 0.5) is 24.5 Å². The Morgan fingerprint density at radius 3 is 2.20 bits per heavy atom. The number of halogens is 3. The SMILES string of the molecule is Cc1ccccc1C(=O)N1CCCC(C(=O)Nc2ccc(C)c(C(F)(F)F)c2)C1c1ccc(NC2CCCC2)cc1. The summed E-state index contributed by atoms with van der Waals surface area (Å²) in [4.78, 5) is 29.4. The van der Waals surface area contributed by atoms with Crippen molar-refractivity contribution in [2.45, 2.75) is 70.6 Å². The van der Waals surface area contributed by atoms with E-state index in [4.69, 9.17) is 0 Å². The minimum absolute atomic E-state index is 0.0881. The number of rotatable bonds is 6. The molecule has 0 bridgehead atoms. The molecule has 1 aliphatic carbocycles. The Balaban J connectivity index is 1.46. The minimum Gasteiger partial charge on any atom is -0.382 e. The summed E-state index contributed by atoms with van der Waals surface area (Å²) in [5.74, 6) is -1.20. The minimum atomic E-state index is -4.52. The first-order chi connectivity index (χ1) is 19.6. The summed E-state index contributed by atoms with van der Waals surface area (Å²) in [6.45, 7) is 3.76. The summed E-state index contributed by atoms with van der Waals surface area (Å²) in [7, 11) is 0. The highest BCUT2D eigenvalue weighted by Gasteiger charge is 2.40. The van der Waals surface area contributed by atoms with Crippen LogP contribution in [0.15, 0.2) is 66.7 Å². The summed E-state index contributed by atoms with van der Waals surface area (Å²) in [5, 5.41) is 6.31. The van der Waals surface area contributed by atoms with Crippen molar-refractivity contribution in [2.75, 3.05) is 17.2 Å². The third-order valence-corrected chi connectivity index (χ3v) is 8.39. The van der Waals surface area contributed by atoms with Gasteiger partial charge in [-0.05, 0) is 86.6 Å². The van der Waals surface area contributed by atoms with Gasteiger partial charge in [-0.2, -0.15) is 13.2 Å². The Morgan fingerprint density at radius 2 is 1.51 bits per heavy atom. The van der Waals surface area contributed by atoms with Crippen LogP contribution < -0.4 is 10.6 Å². The number of carbonyl (C=O) groups excluding carboxylic acids is 2. The molecule has 5 nitrogen and oxygen atoms in total. The highest BCUT2D eigenvalue weighted by Crippen LogP contribution is 2.39. The number of nitrogens with one attached hydrogen (secondary N) is 2. The zero-order chi connectivity index (χ0) is 29.1. The number of likely N-dealkylation sites (tertiary alicyclic amines) is 1. The van der Waals surface area contributed by atoms with Crippen LogP contribution >= 0.6 is 0 Å². The Labute approximate surface area is 239 Å². The maximum Gasteiger partial charge on any atom is 0.416 e. The van der Waals surface area contributed by atoms with Gasteiger partial charge in [-0.15, -0.1) is 0 Å². The number of carbonyl (C=O) groups is 2. The zero-order valence-corrected chi connectivity index (χ0v) is 23.4. The van der Waals surface area contributed by atoms with Gasteiger partial charge in [0.25, 0.3) is 5.91 Å². The Morgan fingerprint density at radius 1 is 0.829 bits per heavy atom. The average molecular weight is 564 g/mol. The Kier molecular flexibility index (Phi) is 8.38. The summed E-state index contributed by atoms with van der Waals surface area (Å²) in [6, 6.07) is 19.0. The fourth-order valence-electron chi connectivity index (χ4n) is 6.20. The molecule has 2 N–H and O–H groups in total. The number of anilines is 2. The molecular formula is C33H36F3N3O2. The molecule has 216 valence electrons. The van der Waals surface area contributed by atoms with E-state index in [-0.39, 0.29) is 17.2 Å². The number of alkyl halides is 3. The molecule has 5 rings (SSSR count). The molecule has 2 amide bonds. The summed E-state index contributed by atoms with van der Waals surface area (Å²) in [6.07, 6.45) is 1.30. The fraction of sp³-hybridized carbons (Fsp3) is 0.394. The molecular weight excluding hydrogens is 527 g/mol. The van der Waals surface area contributed by atoms with Gasteiger partial charge >= 0.3 is 6.18 Å². The number of piperidine rings is 1. The van der Waals surface area contributed by atoms with Gasteiger partial charge in [0.1, 0.15) is 0 Å². The maximum atomic E-state index is 13.9. The largest absolute Gasteiger partial charge is 0.416 e. The second-order valence-corrected chi connectivity index (χ2v) is 11.3. The number of aryl methyl sites for hydroxylation is 2. The van der Waals surface area contributed by atoms with Crippen LogP contribution in [-0.4, -0.2) is 29.3 Å². The number of amides is 2. The van der Waals surface area contributed by atoms with Crippen LogP contribution in [-0.2, 0) is 11.0 Å². The first-order valence-corrected chi connectivity index (χ1v) is 14.3. The normalized spacial score (nSPS) is 19.7. The molecule has 41 heavy (non-hydrogen) atoms. The molecule has 0 radical (unpaired) electrons. The van der Waals surface area contributed by atoms with Gasteiger partial charge in [-0.1, -0.05) is 49.2 Å². The molecule has 0 aromatic heterocycles. The Hall–Kier alpha value is -3.81. The van der Waals surface area contributed by atoms with E-state index in [0.29, 0.717) is 31.0 Å². The predicted octanol–water partition coefficient (Wildman–Crippen LogP) is 7.91. The van der Waals surface area contributed by atoms with Gasteiger partial charge in [0.05, 0.1) is 17.5 Å². The second kappa shape index (κ2) is 12.0. The molecule has 1 aliphatic heterocycles. The molecule has 1 saturated heterocycles. The molecule has 8 heteroatoms. The predicted molar refractivity (Wildman–Crippen MR) is 155 cm³/mol. The third-order valence-electron chi connectivity index (χ3n) is 8.39. The lowest BCUT2D eigenvalue weighted by molar-refractivity contribution is -0.138. The third kappa shape index (κ3) is 6.42. The van der Waals surface area contributed by atoms with E-state index in [1.165, 1.54) is 31.9 Å². The molecule has 3 aromatic carbocycles. The molecule has 3 aromatic rings. The van der Waals surface area contributed by atoms with Gasteiger partial charge < -0.3 is 15.5 Å².